The van der Waals surface area contributed by atoms with E-state index in [1.54, 1.807) is 6.07 Å². The van der Waals surface area contributed by atoms with Crippen molar-refractivity contribution in [3.8, 4) is 11.8 Å². The number of benzene rings is 1. The van der Waals surface area contributed by atoms with E-state index in [0.29, 0.717) is 23.0 Å². The molecule has 1 saturated heterocycles. The molecule has 0 unspecified atom stereocenters. The van der Waals surface area contributed by atoms with E-state index in [-0.39, 0.29) is 17.2 Å². The molecular weight excluding hydrogens is 461 g/mol. The van der Waals surface area contributed by atoms with E-state index in [4.69, 9.17) is 10.6 Å². The Hall–Kier alpha value is -3.86. The number of likely N-dealkylation sites (N-methyl/N-ethyl adjacent to an activating group) is 1. The number of nitrogens with zero attached hydrogens (tertiary/aromatic N) is 6. The SMILES string of the molecule is Cc1cc2cc(Oc3nc(Nc4cc(C(C)(C)C)[nH]n4)cc(N4CCN(C)CC4)n3)c(F)cc2n1N. The third-order valence-corrected chi connectivity index (χ3v) is 6.45. The number of nitrogen functional groups attached to an aromatic ring is 1. The lowest BCUT2D eigenvalue weighted by Gasteiger charge is -2.33. The third kappa shape index (κ3) is 4.78. The van der Waals surface area contributed by atoms with Gasteiger partial charge in [-0.25, -0.2) is 4.39 Å². The van der Waals surface area contributed by atoms with Gasteiger partial charge in [-0.3, -0.25) is 9.77 Å². The summed E-state index contributed by atoms with van der Waals surface area (Å²) < 4.78 is 22.3. The van der Waals surface area contributed by atoms with Gasteiger partial charge < -0.3 is 25.7 Å². The van der Waals surface area contributed by atoms with Gasteiger partial charge in [0.05, 0.1) is 5.52 Å². The average molecular weight is 494 g/mol. The van der Waals surface area contributed by atoms with Crippen molar-refractivity contribution in [2.24, 2.45) is 0 Å². The summed E-state index contributed by atoms with van der Waals surface area (Å²) in [4.78, 5) is 13.6. The molecule has 1 aliphatic heterocycles. The summed E-state index contributed by atoms with van der Waals surface area (Å²) in [6, 6.07) is 8.71. The number of hydrogen-bond donors (Lipinski definition) is 3. The molecule has 1 aliphatic rings. The Bertz CT molecular complexity index is 1400. The van der Waals surface area contributed by atoms with Crippen molar-refractivity contribution < 1.29 is 9.13 Å². The van der Waals surface area contributed by atoms with Crippen molar-refractivity contribution in [1.82, 2.24) is 29.7 Å². The Morgan fingerprint density at radius 2 is 1.78 bits per heavy atom. The highest BCUT2D eigenvalue weighted by Gasteiger charge is 2.21. The van der Waals surface area contributed by atoms with Gasteiger partial charge in [0, 0.05) is 66.6 Å². The molecule has 0 spiro atoms. The van der Waals surface area contributed by atoms with Crippen LogP contribution in [0.1, 0.15) is 32.2 Å². The van der Waals surface area contributed by atoms with Crippen LogP contribution in [0.5, 0.6) is 11.8 Å². The molecule has 0 bridgehead atoms. The van der Waals surface area contributed by atoms with E-state index >= 15 is 0 Å². The molecule has 0 saturated carbocycles. The maximum atomic E-state index is 15.0. The summed E-state index contributed by atoms with van der Waals surface area (Å²) in [6.45, 7) is 11.6. The van der Waals surface area contributed by atoms with Gasteiger partial charge in [-0.15, -0.1) is 0 Å². The van der Waals surface area contributed by atoms with Gasteiger partial charge in [-0.2, -0.15) is 15.1 Å². The number of anilines is 3. The minimum absolute atomic E-state index is 0.0318. The number of aryl methyl sites for hydroxylation is 1. The first-order valence-electron chi connectivity index (χ1n) is 12.0. The van der Waals surface area contributed by atoms with E-state index in [9.17, 15) is 4.39 Å². The van der Waals surface area contributed by atoms with Crippen LogP contribution in [0, 0.1) is 12.7 Å². The highest BCUT2D eigenvalue weighted by Crippen LogP contribution is 2.31. The minimum Gasteiger partial charge on any atom is -0.421 e. The number of aromatic amines is 1. The van der Waals surface area contributed by atoms with Crippen molar-refractivity contribution in [2.45, 2.75) is 33.1 Å². The number of nitrogens with two attached hydrogens (primary N) is 1. The van der Waals surface area contributed by atoms with Crippen molar-refractivity contribution in [3.63, 3.8) is 0 Å². The number of nitrogens with one attached hydrogen (secondary N) is 2. The molecule has 190 valence electrons. The van der Waals surface area contributed by atoms with Gasteiger partial charge in [0.25, 0.3) is 0 Å². The second-order valence-corrected chi connectivity index (χ2v) is 10.3. The summed E-state index contributed by atoms with van der Waals surface area (Å²) in [7, 11) is 2.10. The predicted octanol–water partition coefficient (Wildman–Crippen LogP) is 3.90. The smallest absolute Gasteiger partial charge is 0.326 e. The van der Waals surface area contributed by atoms with Gasteiger partial charge in [0.1, 0.15) is 11.6 Å². The van der Waals surface area contributed by atoms with E-state index in [1.165, 1.54) is 10.7 Å². The fourth-order valence-corrected chi connectivity index (χ4v) is 4.17. The van der Waals surface area contributed by atoms with Gasteiger partial charge >= 0.3 is 6.01 Å². The summed E-state index contributed by atoms with van der Waals surface area (Å²) >= 11 is 0. The molecule has 0 amide bonds. The lowest BCUT2D eigenvalue weighted by Crippen LogP contribution is -2.44. The second kappa shape index (κ2) is 8.98. The first kappa shape index (κ1) is 23.9. The standard InChI is InChI=1S/C25H32FN9O/c1-15-10-16-11-19(17(26)12-18(16)35(15)27)36-24-29-21(28-22-13-20(31-32-22)25(2,3)4)14-23(30-24)34-8-6-33(5)7-9-34/h10-14H,6-9,27H2,1-5H3,(H2,28,29,30,31,32). The molecule has 3 aromatic heterocycles. The second-order valence-electron chi connectivity index (χ2n) is 10.3. The molecule has 0 aliphatic carbocycles. The molecule has 10 nitrogen and oxygen atoms in total. The van der Waals surface area contributed by atoms with Crippen LogP contribution >= 0.6 is 0 Å². The van der Waals surface area contributed by atoms with Crippen molar-refractivity contribution >= 4 is 28.4 Å². The van der Waals surface area contributed by atoms with Crippen molar-refractivity contribution in [2.75, 3.05) is 49.3 Å². The zero-order chi connectivity index (χ0) is 25.6. The summed E-state index contributed by atoms with van der Waals surface area (Å²) in [5.74, 6) is 7.32. The Kier molecular flexibility index (Phi) is 5.95. The molecule has 36 heavy (non-hydrogen) atoms. The summed E-state index contributed by atoms with van der Waals surface area (Å²) in [5.41, 5.74) is 2.32. The number of fused-ring (bicyclic) bond motifs is 1. The molecule has 4 aromatic rings. The van der Waals surface area contributed by atoms with E-state index in [1.807, 2.05) is 25.1 Å². The van der Waals surface area contributed by atoms with Gasteiger partial charge in [0.2, 0.25) is 0 Å². The number of H-pyrrole nitrogens is 1. The minimum atomic E-state index is -0.544. The lowest BCUT2D eigenvalue weighted by molar-refractivity contribution is 0.311. The number of rotatable bonds is 5. The monoisotopic (exact) mass is 493 g/mol. The summed E-state index contributed by atoms with van der Waals surface area (Å²) in [5, 5.41) is 11.5. The van der Waals surface area contributed by atoms with Gasteiger partial charge in [-0.1, -0.05) is 20.8 Å². The van der Waals surface area contributed by atoms with Crippen molar-refractivity contribution in [3.05, 3.63) is 47.5 Å². The average Bonchev–Trinajstić information content (AvgIpc) is 3.39. The first-order chi connectivity index (χ1) is 17.1. The topological polar surface area (TPSA) is 113 Å². The molecule has 11 heteroatoms. The number of hydrogen-bond acceptors (Lipinski definition) is 8. The third-order valence-electron chi connectivity index (χ3n) is 6.45. The fourth-order valence-electron chi connectivity index (χ4n) is 4.17. The van der Waals surface area contributed by atoms with Gasteiger partial charge in [-0.05, 0) is 26.1 Å². The lowest BCUT2D eigenvalue weighted by atomic mass is 9.92. The van der Waals surface area contributed by atoms with Crippen LogP contribution in [-0.4, -0.2) is 63.0 Å². The largest absolute Gasteiger partial charge is 0.421 e. The first-order valence-corrected chi connectivity index (χ1v) is 12.0. The van der Waals surface area contributed by atoms with Crippen LogP contribution in [-0.2, 0) is 5.41 Å². The molecule has 0 atom stereocenters. The van der Waals surface area contributed by atoms with Crippen LogP contribution in [0.25, 0.3) is 10.9 Å². The van der Waals surface area contributed by atoms with E-state index in [2.05, 4.69) is 63.1 Å². The van der Waals surface area contributed by atoms with Crippen LogP contribution in [0.15, 0.2) is 30.3 Å². The van der Waals surface area contributed by atoms with Crippen molar-refractivity contribution in [1.29, 1.82) is 0 Å². The highest BCUT2D eigenvalue weighted by molar-refractivity contribution is 5.83. The molecule has 4 heterocycles. The number of piperazine rings is 1. The van der Waals surface area contributed by atoms with Crippen LogP contribution in [0.2, 0.25) is 0 Å². The Morgan fingerprint density at radius 3 is 2.47 bits per heavy atom. The Balaban J connectivity index is 1.49. The highest BCUT2D eigenvalue weighted by atomic mass is 19.1. The number of halogens is 1. The quantitative estimate of drug-likeness (QED) is 0.359. The maximum Gasteiger partial charge on any atom is 0.326 e. The Morgan fingerprint density at radius 1 is 1.03 bits per heavy atom. The molecule has 1 fully saturated rings. The molecule has 0 radical (unpaired) electrons. The zero-order valence-electron chi connectivity index (χ0n) is 21.3. The van der Waals surface area contributed by atoms with Crippen LogP contribution in [0.3, 0.4) is 0 Å². The summed E-state index contributed by atoms with van der Waals surface area (Å²) in [6.07, 6.45) is 0. The molecule has 5 rings (SSSR count). The van der Waals surface area contributed by atoms with Gasteiger partial charge in [0.15, 0.2) is 17.4 Å². The normalized spacial score (nSPS) is 15.0. The molecule has 4 N–H and O–H groups in total. The van der Waals surface area contributed by atoms with Crippen LogP contribution in [0.4, 0.5) is 21.8 Å². The predicted molar refractivity (Wildman–Crippen MR) is 139 cm³/mol. The maximum absolute atomic E-state index is 15.0. The molecule has 1 aromatic carbocycles. The number of ether oxygens (including phenoxy) is 1. The Labute approximate surface area is 209 Å². The van der Waals surface area contributed by atoms with E-state index in [0.717, 1.165) is 43.0 Å². The fraction of sp³-hybridized carbons (Fsp3) is 0.400. The zero-order valence-corrected chi connectivity index (χ0v) is 21.3. The van der Waals surface area contributed by atoms with Crippen LogP contribution < -0.4 is 20.8 Å². The molecular formula is C25H32FN9O. The number of aromatic nitrogens is 5. The van der Waals surface area contributed by atoms with E-state index < -0.39 is 5.82 Å².